The van der Waals surface area contributed by atoms with E-state index in [4.69, 9.17) is 16.2 Å². The van der Waals surface area contributed by atoms with Crippen LogP contribution in [0.5, 0.6) is 0 Å². The van der Waals surface area contributed by atoms with Gasteiger partial charge in [0.1, 0.15) is 0 Å². The SMILES string of the molecule is CC1CN(Cc2ccc(N)c(N)c2)CC(C)O1. The summed E-state index contributed by atoms with van der Waals surface area (Å²) in [5.41, 5.74) is 14.0. The molecule has 2 rings (SSSR count). The number of anilines is 2. The number of nitrogens with zero attached hydrogens (tertiary/aromatic N) is 1. The Labute approximate surface area is 103 Å². The van der Waals surface area contributed by atoms with Crippen molar-refractivity contribution in [2.75, 3.05) is 24.6 Å². The van der Waals surface area contributed by atoms with Gasteiger partial charge in [0.05, 0.1) is 23.6 Å². The number of hydrogen-bond acceptors (Lipinski definition) is 4. The van der Waals surface area contributed by atoms with Crippen molar-refractivity contribution in [3.05, 3.63) is 23.8 Å². The van der Waals surface area contributed by atoms with E-state index in [0.29, 0.717) is 23.6 Å². The molecule has 0 spiro atoms. The van der Waals surface area contributed by atoms with Gasteiger partial charge in [0.25, 0.3) is 0 Å². The van der Waals surface area contributed by atoms with Crippen molar-refractivity contribution < 1.29 is 4.74 Å². The van der Waals surface area contributed by atoms with Crippen LogP contribution >= 0.6 is 0 Å². The highest BCUT2D eigenvalue weighted by Gasteiger charge is 2.21. The molecular weight excluding hydrogens is 214 g/mol. The average molecular weight is 235 g/mol. The van der Waals surface area contributed by atoms with Gasteiger partial charge in [-0.25, -0.2) is 0 Å². The molecule has 1 aromatic carbocycles. The summed E-state index contributed by atoms with van der Waals surface area (Å²) in [6, 6.07) is 5.87. The lowest BCUT2D eigenvalue weighted by atomic mass is 10.1. The Bertz CT molecular complexity index is 384. The molecule has 1 fully saturated rings. The molecule has 17 heavy (non-hydrogen) atoms. The Kier molecular flexibility index (Phi) is 3.54. The molecule has 0 saturated carbocycles. The Hall–Kier alpha value is -1.26. The van der Waals surface area contributed by atoms with Gasteiger partial charge in [-0.1, -0.05) is 6.07 Å². The third kappa shape index (κ3) is 3.11. The summed E-state index contributed by atoms with van der Waals surface area (Å²) in [5.74, 6) is 0. The summed E-state index contributed by atoms with van der Waals surface area (Å²) < 4.78 is 5.71. The first-order valence-corrected chi connectivity index (χ1v) is 6.06. The number of hydrogen-bond donors (Lipinski definition) is 2. The van der Waals surface area contributed by atoms with E-state index >= 15 is 0 Å². The normalized spacial score (nSPS) is 26.0. The van der Waals surface area contributed by atoms with E-state index in [2.05, 4.69) is 18.7 Å². The number of ether oxygens (including phenoxy) is 1. The summed E-state index contributed by atoms with van der Waals surface area (Å²) in [7, 11) is 0. The van der Waals surface area contributed by atoms with Gasteiger partial charge in [0.15, 0.2) is 0 Å². The highest BCUT2D eigenvalue weighted by molar-refractivity contribution is 5.63. The molecule has 1 aliphatic heterocycles. The fourth-order valence-corrected chi connectivity index (χ4v) is 2.39. The zero-order chi connectivity index (χ0) is 12.4. The van der Waals surface area contributed by atoms with Crippen molar-refractivity contribution in [1.29, 1.82) is 0 Å². The lowest BCUT2D eigenvalue weighted by Gasteiger charge is -2.35. The second-order valence-electron chi connectivity index (χ2n) is 4.91. The maximum absolute atomic E-state index is 5.81. The first kappa shape index (κ1) is 12.2. The van der Waals surface area contributed by atoms with Crippen LogP contribution in [-0.2, 0) is 11.3 Å². The number of rotatable bonds is 2. The van der Waals surface area contributed by atoms with Crippen molar-refractivity contribution in [2.24, 2.45) is 0 Å². The second kappa shape index (κ2) is 4.94. The smallest absolute Gasteiger partial charge is 0.0678 e. The summed E-state index contributed by atoms with van der Waals surface area (Å²) in [6.07, 6.45) is 0.592. The maximum Gasteiger partial charge on any atom is 0.0678 e. The molecule has 0 bridgehead atoms. The van der Waals surface area contributed by atoms with Crippen LogP contribution in [0.4, 0.5) is 11.4 Å². The van der Waals surface area contributed by atoms with Crippen LogP contribution in [0, 0.1) is 0 Å². The molecule has 0 aromatic heterocycles. The van der Waals surface area contributed by atoms with Crippen molar-refractivity contribution >= 4 is 11.4 Å². The second-order valence-corrected chi connectivity index (χ2v) is 4.91. The molecule has 94 valence electrons. The van der Waals surface area contributed by atoms with Gasteiger partial charge in [-0.2, -0.15) is 0 Å². The minimum absolute atomic E-state index is 0.296. The van der Waals surface area contributed by atoms with Gasteiger partial charge >= 0.3 is 0 Å². The van der Waals surface area contributed by atoms with E-state index in [-0.39, 0.29) is 0 Å². The molecular formula is C13H21N3O. The molecule has 0 amide bonds. The quantitative estimate of drug-likeness (QED) is 0.762. The van der Waals surface area contributed by atoms with Crippen LogP contribution in [0.3, 0.4) is 0 Å². The van der Waals surface area contributed by atoms with Crippen molar-refractivity contribution in [3.63, 3.8) is 0 Å². The molecule has 0 radical (unpaired) electrons. The molecule has 4 nitrogen and oxygen atoms in total. The van der Waals surface area contributed by atoms with Crippen LogP contribution < -0.4 is 11.5 Å². The summed E-state index contributed by atoms with van der Waals surface area (Å²) in [4.78, 5) is 2.39. The van der Waals surface area contributed by atoms with Crippen molar-refractivity contribution in [1.82, 2.24) is 4.90 Å². The first-order valence-electron chi connectivity index (χ1n) is 6.06. The van der Waals surface area contributed by atoms with Gasteiger partial charge in [0, 0.05) is 19.6 Å². The zero-order valence-electron chi connectivity index (χ0n) is 10.5. The summed E-state index contributed by atoms with van der Waals surface area (Å²) >= 11 is 0. The monoisotopic (exact) mass is 235 g/mol. The van der Waals surface area contributed by atoms with E-state index in [1.54, 1.807) is 0 Å². The van der Waals surface area contributed by atoms with Crippen LogP contribution in [0.1, 0.15) is 19.4 Å². The van der Waals surface area contributed by atoms with Gasteiger partial charge in [0.2, 0.25) is 0 Å². The van der Waals surface area contributed by atoms with Gasteiger partial charge in [-0.3, -0.25) is 4.90 Å². The fraction of sp³-hybridized carbons (Fsp3) is 0.538. The summed E-state index contributed by atoms with van der Waals surface area (Å²) in [5, 5.41) is 0. The molecule has 1 aromatic rings. The molecule has 4 heteroatoms. The minimum Gasteiger partial charge on any atom is -0.397 e. The fourth-order valence-electron chi connectivity index (χ4n) is 2.39. The zero-order valence-corrected chi connectivity index (χ0v) is 10.5. The molecule has 2 atom stereocenters. The van der Waals surface area contributed by atoms with E-state index in [9.17, 15) is 0 Å². The Morgan fingerprint density at radius 2 is 1.82 bits per heavy atom. The number of nitrogens with two attached hydrogens (primary N) is 2. The predicted molar refractivity (Wildman–Crippen MR) is 70.6 cm³/mol. The predicted octanol–water partition coefficient (Wildman–Crippen LogP) is 1.46. The van der Waals surface area contributed by atoms with E-state index in [0.717, 1.165) is 19.6 Å². The molecule has 0 aliphatic carbocycles. The minimum atomic E-state index is 0.296. The molecule has 4 N–H and O–H groups in total. The van der Waals surface area contributed by atoms with Crippen LogP contribution in [-0.4, -0.2) is 30.2 Å². The Balaban J connectivity index is 2.02. The van der Waals surface area contributed by atoms with Gasteiger partial charge in [-0.05, 0) is 31.5 Å². The topological polar surface area (TPSA) is 64.5 Å². The molecule has 2 unspecified atom stereocenters. The Morgan fingerprint density at radius 3 is 2.41 bits per heavy atom. The van der Waals surface area contributed by atoms with Crippen LogP contribution in [0.15, 0.2) is 18.2 Å². The lowest BCUT2D eigenvalue weighted by Crippen LogP contribution is -2.44. The third-order valence-corrected chi connectivity index (χ3v) is 3.05. The van der Waals surface area contributed by atoms with Crippen molar-refractivity contribution in [2.45, 2.75) is 32.6 Å². The third-order valence-electron chi connectivity index (χ3n) is 3.05. The van der Waals surface area contributed by atoms with Crippen LogP contribution in [0.2, 0.25) is 0 Å². The van der Waals surface area contributed by atoms with Gasteiger partial charge < -0.3 is 16.2 Å². The average Bonchev–Trinajstić information content (AvgIpc) is 2.22. The van der Waals surface area contributed by atoms with E-state index in [1.165, 1.54) is 5.56 Å². The standard InChI is InChI=1S/C13H21N3O/c1-9-6-16(7-10(2)17-9)8-11-3-4-12(14)13(15)5-11/h3-5,9-10H,6-8,14-15H2,1-2H3. The largest absolute Gasteiger partial charge is 0.397 e. The lowest BCUT2D eigenvalue weighted by molar-refractivity contribution is -0.0704. The highest BCUT2D eigenvalue weighted by Crippen LogP contribution is 2.19. The highest BCUT2D eigenvalue weighted by atomic mass is 16.5. The molecule has 1 saturated heterocycles. The number of nitrogen functional groups attached to an aromatic ring is 2. The van der Waals surface area contributed by atoms with Crippen LogP contribution in [0.25, 0.3) is 0 Å². The number of morpholine rings is 1. The molecule has 1 heterocycles. The Morgan fingerprint density at radius 1 is 1.18 bits per heavy atom. The number of benzene rings is 1. The van der Waals surface area contributed by atoms with Crippen molar-refractivity contribution in [3.8, 4) is 0 Å². The maximum atomic E-state index is 5.81. The molecule has 1 aliphatic rings. The van der Waals surface area contributed by atoms with E-state index < -0.39 is 0 Å². The summed E-state index contributed by atoms with van der Waals surface area (Å²) in [6.45, 7) is 7.06. The van der Waals surface area contributed by atoms with E-state index in [1.807, 2.05) is 18.2 Å². The first-order chi connectivity index (χ1) is 8.04. The van der Waals surface area contributed by atoms with Gasteiger partial charge in [-0.15, -0.1) is 0 Å².